The second-order valence-corrected chi connectivity index (χ2v) is 7.36. The average molecular weight is 315 g/mol. The lowest BCUT2D eigenvalue weighted by atomic mass is 9.49. The summed E-state index contributed by atoms with van der Waals surface area (Å²) >= 11 is 0. The van der Waals surface area contributed by atoms with Crippen molar-refractivity contribution in [2.75, 3.05) is 27.8 Å². The second kappa shape index (κ2) is 5.05. The molecule has 1 aromatic rings. The zero-order valence-electron chi connectivity index (χ0n) is 14.2. The summed E-state index contributed by atoms with van der Waals surface area (Å²) in [6.07, 6.45) is 4.03. The van der Waals surface area contributed by atoms with Gasteiger partial charge in [0.2, 0.25) is 0 Å². The highest BCUT2D eigenvalue weighted by Crippen LogP contribution is 2.59. The van der Waals surface area contributed by atoms with Crippen molar-refractivity contribution in [3.05, 3.63) is 29.3 Å². The summed E-state index contributed by atoms with van der Waals surface area (Å²) in [7, 11) is 5.73. The van der Waals surface area contributed by atoms with Crippen LogP contribution in [0.15, 0.2) is 18.2 Å². The molecule has 3 aliphatic rings. The Morgan fingerprint density at radius 1 is 1.26 bits per heavy atom. The van der Waals surface area contributed by atoms with E-state index in [0.29, 0.717) is 24.7 Å². The van der Waals surface area contributed by atoms with Gasteiger partial charge in [-0.2, -0.15) is 0 Å². The molecule has 1 saturated heterocycles. The second-order valence-electron chi connectivity index (χ2n) is 7.36. The van der Waals surface area contributed by atoms with Gasteiger partial charge in [-0.05, 0) is 56.1 Å². The van der Waals surface area contributed by atoms with Crippen molar-refractivity contribution >= 4 is 5.78 Å². The number of likely N-dealkylation sites (tertiary alicyclic amines) is 1. The average Bonchev–Trinajstić information content (AvgIpc) is 2.57. The van der Waals surface area contributed by atoms with Crippen molar-refractivity contribution in [2.45, 2.75) is 49.2 Å². The molecule has 1 unspecified atom stereocenters. The number of piperidine rings is 1. The molecule has 1 aromatic carbocycles. The summed E-state index contributed by atoms with van der Waals surface area (Å²) in [5.41, 5.74) is 2.18. The fourth-order valence-electron chi connectivity index (χ4n) is 5.53. The fourth-order valence-corrected chi connectivity index (χ4v) is 5.53. The number of Topliss-reactive ketones (excluding diaryl/α,β-unsaturated/α-hetero) is 1. The first-order chi connectivity index (χ1) is 11.1. The smallest absolute Gasteiger partial charge is 0.134 e. The van der Waals surface area contributed by atoms with Crippen molar-refractivity contribution in [3.8, 4) is 5.75 Å². The number of carbonyl (C=O) groups is 1. The monoisotopic (exact) mass is 315 g/mol. The fraction of sp³-hybridized carbons (Fsp3) is 0.632. The van der Waals surface area contributed by atoms with Crippen LogP contribution >= 0.6 is 0 Å². The molecular weight excluding hydrogens is 290 g/mol. The van der Waals surface area contributed by atoms with Gasteiger partial charge in [0.1, 0.15) is 11.5 Å². The van der Waals surface area contributed by atoms with Crippen LogP contribution in [-0.4, -0.2) is 50.1 Å². The Hall–Kier alpha value is -1.39. The molecule has 0 spiro atoms. The summed E-state index contributed by atoms with van der Waals surface area (Å²) in [6, 6.07) is 6.72. The van der Waals surface area contributed by atoms with Crippen molar-refractivity contribution in [3.63, 3.8) is 0 Å². The van der Waals surface area contributed by atoms with Gasteiger partial charge >= 0.3 is 0 Å². The molecule has 0 aromatic heterocycles. The largest absolute Gasteiger partial charge is 0.497 e. The molecular formula is C19H25NO3. The number of likely N-dealkylation sites (N-methyl/N-ethyl adjacent to an activating group) is 1. The van der Waals surface area contributed by atoms with Crippen molar-refractivity contribution in [2.24, 2.45) is 0 Å². The third kappa shape index (κ3) is 1.82. The first-order valence-electron chi connectivity index (χ1n) is 8.51. The minimum Gasteiger partial charge on any atom is -0.497 e. The van der Waals surface area contributed by atoms with E-state index in [2.05, 4.69) is 24.1 Å². The highest BCUT2D eigenvalue weighted by molar-refractivity contribution is 5.82. The molecule has 2 fully saturated rings. The SMILES string of the molecule is COc1ccc2c(c1)[C@]13CCN(C)[C@H](C2)C1(OC)CCC(=O)C3. The third-order valence-corrected chi connectivity index (χ3v) is 6.66. The molecule has 4 nitrogen and oxygen atoms in total. The van der Waals surface area contributed by atoms with Crippen LogP contribution in [0.4, 0.5) is 0 Å². The molecule has 2 aliphatic carbocycles. The summed E-state index contributed by atoms with van der Waals surface area (Å²) in [4.78, 5) is 14.9. The van der Waals surface area contributed by atoms with Gasteiger partial charge in [-0.15, -0.1) is 0 Å². The topological polar surface area (TPSA) is 38.8 Å². The minimum absolute atomic E-state index is 0.198. The maximum Gasteiger partial charge on any atom is 0.134 e. The molecule has 2 bridgehead atoms. The van der Waals surface area contributed by atoms with E-state index in [1.54, 1.807) is 7.11 Å². The van der Waals surface area contributed by atoms with Gasteiger partial charge < -0.3 is 14.4 Å². The number of nitrogens with zero attached hydrogens (tertiary/aromatic N) is 1. The van der Waals surface area contributed by atoms with Gasteiger partial charge in [-0.1, -0.05) is 6.07 Å². The molecule has 1 aliphatic heterocycles. The number of methoxy groups -OCH3 is 2. The van der Waals surface area contributed by atoms with Crippen LogP contribution in [-0.2, 0) is 21.4 Å². The number of benzene rings is 1. The highest BCUT2D eigenvalue weighted by Gasteiger charge is 2.65. The molecule has 4 heteroatoms. The van der Waals surface area contributed by atoms with Crippen LogP contribution in [0, 0.1) is 0 Å². The number of hydrogen-bond acceptors (Lipinski definition) is 4. The number of hydrogen-bond donors (Lipinski definition) is 0. The maximum absolute atomic E-state index is 12.4. The van der Waals surface area contributed by atoms with Gasteiger partial charge in [0, 0.05) is 31.4 Å². The number of fused-ring (bicyclic) bond motifs is 1. The molecule has 0 amide bonds. The van der Waals surface area contributed by atoms with Gasteiger partial charge in [0.05, 0.1) is 12.7 Å². The lowest BCUT2D eigenvalue weighted by Crippen LogP contribution is -2.73. The van der Waals surface area contributed by atoms with Crippen LogP contribution < -0.4 is 4.74 Å². The minimum atomic E-state index is -0.257. The van der Waals surface area contributed by atoms with Crippen LogP contribution in [0.1, 0.15) is 36.8 Å². The maximum atomic E-state index is 12.4. The van der Waals surface area contributed by atoms with Crippen LogP contribution in [0.5, 0.6) is 5.75 Å². The summed E-state index contributed by atoms with van der Waals surface area (Å²) in [6.45, 7) is 1.01. The van der Waals surface area contributed by atoms with E-state index in [1.165, 1.54) is 11.1 Å². The van der Waals surface area contributed by atoms with Crippen molar-refractivity contribution < 1.29 is 14.3 Å². The number of carbonyl (C=O) groups excluding carboxylic acids is 1. The van der Waals surface area contributed by atoms with Gasteiger partial charge in [-0.25, -0.2) is 0 Å². The summed E-state index contributed by atoms with van der Waals surface area (Å²) < 4.78 is 11.7. The Bertz CT molecular complexity index is 658. The quantitative estimate of drug-likeness (QED) is 0.840. The van der Waals surface area contributed by atoms with Crippen molar-refractivity contribution in [1.82, 2.24) is 4.90 Å². The zero-order chi connectivity index (χ0) is 16.2. The zero-order valence-corrected chi connectivity index (χ0v) is 14.2. The molecule has 1 saturated carbocycles. The van der Waals surface area contributed by atoms with Crippen LogP contribution in [0.2, 0.25) is 0 Å². The van der Waals surface area contributed by atoms with Gasteiger partial charge in [-0.3, -0.25) is 4.79 Å². The standard InChI is InChI=1S/C19H25NO3/c1-20-9-8-18-12-14(21)6-7-19(18,23-3)17(20)10-13-4-5-15(22-2)11-16(13)18/h4-5,11,17H,6-10,12H2,1-3H3/t17-,18-,19?/m1/s1. The molecule has 3 atom stereocenters. The van der Waals surface area contributed by atoms with Crippen LogP contribution in [0.3, 0.4) is 0 Å². The predicted octanol–water partition coefficient (Wildman–Crippen LogP) is 2.33. The normalized spacial score (nSPS) is 36.3. The van der Waals surface area contributed by atoms with Crippen LogP contribution in [0.25, 0.3) is 0 Å². The summed E-state index contributed by atoms with van der Waals surface area (Å²) in [5, 5.41) is 0. The Kier molecular flexibility index (Phi) is 3.33. The molecule has 0 N–H and O–H groups in total. The molecule has 23 heavy (non-hydrogen) atoms. The van der Waals surface area contributed by atoms with Gasteiger partial charge in [0.25, 0.3) is 0 Å². The van der Waals surface area contributed by atoms with E-state index >= 15 is 0 Å². The first kappa shape index (κ1) is 15.2. The van der Waals surface area contributed by atoms with E-state index in [-0.39, 0.29) is 11.0 Å². The van der Waals surface area contributed by atoms with Crippen molar-refractivity contribution in [1.29, 1.82) is 0 Å². The molecule has 4 rings (SSSR count). The van der Waals surface area contributed by atoms with Gasteiger partial charge in [0.15, 0.2) is 0 Å². The highest BCUT2D eigenvalue weighted by atomic mass is 16.5. The number of ether oxygens (including phenoxy) is 2. The van der Waals surface area contributed by atoms with E-state index < -0.39 is 0 Å². The lowest BCUT2D eigenvalue weighted by molar-refractivity contribution is -0.183. The van der Waals surface area contributed by atoms with E-state index in [1.807, 2.05) is 13.2 Å². The third-order valence-electron chi connectivity index (χ3n) is 6.66. The number of rotatable bonds is 2. The molecule has 1 heterocycles. The molecule has 0 radical (unpaired) electrons. The Labute approximate surface area is 137 Å². The number of ketones is 1. The Balaban J connectivity index is 1.97. The Morgan fingerprint density at radius 3 is 2.83 bits per heavy atom. The Morgan fingerprint density at radius 2 is 2.09 bits per heavy atom. The summed E-state index contributed by atoms with van der Waals surface area (Å²) in [5.74, 6) is 1.25. The van der Waals surface area contributed by atoms with E-state index in [9.17, 15) is 4.79 Å². The first-order valence-corrected chi connectivity index (χ1v) is 8.51. The molecule has 124 valence electrons. The van der Waals surface area contributed by atoms with E-state index in [0.717, 1.165) is 31.6 Å². The lowest BCUT2D eigenvalue weighted by Gasteiger charge is -2.64. The van der Waals surface area contributed by atoms with E-state index in [4.69, 9.17) is 9.47 Å². The predicted molar refractivity (Wildman–Crippen MR) is 88.0 cm³/mol.